The van der Waals surface area contributed by atoms with Crippen LogP contribution in [0.15, 0.2) is 11.6 Å². The summed E-state index contributed by atoms with van der Waals surface area (Å²) < 4.78 is 5.97. The van der Waals surface area contributed by atoms with Crippen LogP contribution in [-0.2, 0) is 9.53 Å². The van der Waals surface area contributed by atoms with Crippen LogP contribution in [0.1, 0.15) is 71.6 Å². The van der Waals surface area contributed by atoms with Crippen molar-refractivity contribution in [3.63, 3.8) is 0 Å². The second-order valence-electron chi connectivity index (χ2n) is 11.0. The topological polar surface area (TPSA) is 32.8 Å². The van der Waals surface area contributed by atoms with Gasteiger partial charge < -0.3 is 14.5 Å². The number of fused-ring (bicyclic) bond motifs is 2. The predicted octanol–water partition coefficient (Wildman–Crippen LogP) is 4.25. The van der Waals surface area contributed by atoms with Crippen molar-refractivity contribution in [2.75, 3.05) is 32.7 Å². The molecule has 5 rings (SSSR count). The minimum atomic E-state index is 0.0534. The number of carbonyl (C=O) groups is 1. The number of hydrogen-bond acceptors (Lipinski definition) is 4. The van der Waals surface area contributed by atoms with E-state index in [2.05, 4.69) is 29.7 Å². The third-order valence-electron chi connectivity index (χ3n) is 9.00. The van der Waals surface area contributed by atoms with E-state index in [-0.39, 0.29) is 23.4 Å². The van der Waals surface area contributed by atoms with Crippen molar-refractivity contribution in [3.05, 3.63) is 11.6 Å². The van der Waals surface area contributed by atoms with E-state index in [1.807, 2.05) is 0 Å². The largest absolute Gasteiger partial charge is 0.461 e. The molecule has 3 heterocycles. The maximum atomic E-state index is 12.8. The fraction of sp³-hybridized carbons (Fsp3) is 0.880. The summed E-state index contributed by atoms with van der Waals surface area (Å²) in [6.45, 7) is 10.6. The molecule has 0 aromatic carbocycles. The Morgan fingerprint density at radius 3 is 2.59 bits per heavy atom. The number of rotatable bonds is 3. The van der Waals surface area contributed by atoms with Gasteiger partial charge in [0.2, 0.25) is 0 Å². The Morgan fingerprint density at radius 2 is 1.83 bits per heavy atom. The number of allylic oxidation sites excluding steroid dienone is 1. The number of carbonyl (C=O) groups excluding carboxylic acids is 1. The SMILES string of the molecule is C[C@H]1CCC[C@]2(C)C[C@H]3OC(=O)C(CN4CCC(N5CCCCC5)CC4)[C@H]3C=C12. The van der Waals surface area contributed by atoms with E-state index < -0.39 is 0 Å². The molecule has 29 heavy (non-hydrogen) atoms. The molecule has 4 heteroatoms. The van der Waals surface area contributed by atoms with Crippen LogP contribution in [0.25, 0.3) is 0 Å². The van der Waals surface area contributed by atoms with Crippen LogP contribution in [-0.4, -0.2) is 60.6 Å². The first kappa shape index (κ1) is 20.1. The van der Waals surface area contributed by atoms with E-state index in [1.54, 1.807) is 5.57 Å². The standard InChI is InChI=1S/C25H40N2O2/c1-18-7-6-10-25(2)16-23-20(15-22(18)25)21(24(28)29-23)17-26-13-8-19(9-14-26)27-11-4-3-5-12-27/h15,18-21,23H,3-14,16-17H2,1-2H3/t18-,20+,21?,23+,25+/m0/s1. The second kappa shape index (κ2) is 8.00. The van der Waals surface area contributed by atoms with Gasteiger partial charge in [-0.2, -0.15) is 0 Å². The average molecular weight is 401 g/mol. The van der Waals surface area contributed by atoms with Crippen LogP contribution in [0, 0.1) is 23.2 Å². The van der Waals surface area contributed by atoms with E-state index >= 15 is 0 Å². The highest BCUT2D eigenvalue weighted by atomic mass is 16.6. The molecule has 1 unspecified atom stereocenters. The van der Waals surface area contributed by atoms with Gasteiger partial charge in [0, 0.05) is 18.5 Å². The van der Waals surface area contributed by atoms with Gasteiger partial charge in [-0.15, -0.1) is 0 Å². The van der Waals surface area contributed by atoms with Gasteiger partial charge in [0.25, 0.3) is 0 Å². The van der Waals surface area contributed by atoms with Crippen molar-refractivity contribution in [1.82, 2.24) is 9.80 Å². The molecule has 0 bridgehead atoms. The van der Waals surface area contributed by atoms with Gasteiger partial charge in [-0.05, 0) is 82.5 Å². The molecule has 2 aliphatic carbocycles. The number of likely N-dealkylation sites (tertiary alicyclic amines) is 2. The molecule has 3 aliphatic heterocycles. The molecule has 3 saturated heterocycles. The van der Waals surface area contributed by atoms with Gasteiger partial charge in [-0.1, -0.05) is 38.3 Å². The maximum Gasteiger partial charge on any atom is 0.311 e. The number of nitrogens with zero attached hydrogens (tertiary/aromatic N) is 2. The third kappa shape index (κ3) is 3.80. The van der Waals surface area contributed by atoms with Crippen molar-refractivity contribution in [3.8, 4) is 0 Å². The summed E-state index contributed by atoms with van der Waals surface area (Å²) in [7, 11) is 0. The van der Waals surface area contributed by atoms with Crippen molar-refractivity contribution in [2.45, 2.75) is 83.8 Å². The highest BCUT2D eigenvalue weighted by Crippen LogP contribution is 2.54. The Bertz CT molecular complexity index is 647. The van der Waals surface area contributed by atoms with Crippen molar-refractivity contribution < 1.29 is 9.53 Å². The Balaban J connectivity index is 1.23. The normalized spacial score (nSPS) is 42.1. The maximum absolute atomic E-state index is 12.8. The summed E-state index contributed by atoms with van der Waals surface area (Å²) in [5.41, 5.74) is 1.90. The number of hydrogen-bond donors (Lipinski definition) is 0. The fourth-order valence-electron chi connectivity index (χ4n) is 7.29. The number of piperidine rings is 2. The molecule has 4 nitrogen and oxygen atoms in total. The Kier molecular flexibility index (Phi) is 5.53. The van der Waals surface area contributed by atoms with Crippen molar-refractivity contribution in [2.24, 2.45) is 23.2 Å². The highest BCUT2D eigenvalue weighted by molar-refractivity contribution is 5.76. The Hall–Kier alpha value is -0.870. The summed E-state index contributed by atoms with van der Waals surface area (Å²) in [6.07, 6.45) is 14.3. The molecule has 4 fully saturated rings. The first-order chi connectivity index (χ1) is 14.0. The van der Waals surface area contributed by atoms with E-state index in [0.29, 0.717) is 11.8 Å². The van der Waals surface area contributed by atoms with Gasteiger partial charge >= 0.3 is 5.97 Å². The summed E-state index contributed by atoms with van der Waals surface area (Å²) in [4.78, 5) is 18.1. The smallest absolute Gasteiger partial charge is 0.311 e. The minimum absolute atomic E-state index is 0.0534. The molecule has 0 radical (unpaired) electrons. The van der Waals surface area contributed by atoms with Gasteiger partial charge in [0.05, 0.1) is 5.92 Å². The first-order valence-electron chi connectivity index (χ1n) is 12.4. The molecule has 5 aliphatic rings. The molecule has 0 spiro atoms. The molecule has 5 atom stereocenters. The lowest BCUT2D eigenvalue weighted by atomic mass is 9.59. The fourth-order valence-corrected chi connectivity index (χ4v) is 7.29. The molecule has 0 amide bonds. The molecule has 0 N–H and O–H groups in total. The first-order valence-corrected chi connectivity index (χ1v) is 12.4. The number of esters is 1. The molecule has 1 saturated carbocycles. The van der Waals surface area contributed by atoms with Gasteiger partial charge in [-0.3, -0.25) is 4.79 Å². The zero-order valence-electron chi connectivity index (χ0n) is 18.6. The van der Waals surface area contributed by atoms with E-state index in [9.17, 15) is 4.79 Å². The van der Waals surface area contributed by atoms with Crippen LogP contribution < -0.4 is 0 Å². The molecule has 0 aromatic heterocycles. The minimum Gasteiger partial charge on any atom is -0.461 e. The monoisotopic (exact) mass is 400 g/mol. The zero-order valence-corrected chi connectivity index (χ0v) is 18.6. The number of ether oxygens (including phenoxy) is 1. The van der Waals surface area contributed by atoms with Gasteiger partial charge in [0.15, 0.2) is 0 Å². The Morgan fingerprint density at radius 1 is 1.07 bits per heavy atom. The van der Waals surface area contributed by atoms with E-state index in [0.717, 1.165) is 32.1 Å². The van der Waals surface area contributed by atoms with Gasteiger partial charge in [0.1, 0.15) is 6.10 Å². The highest BCUT2D eigenvalue weighted by Gasteiger charge is 2.52. The molecule has 162 valence electrons. The third-order valence-corrected chi connectivity index (χ3v) is 9.00. The van der Waals surface area contributed by atoms with Crippen LogP contribution >= 0.6 is 0 Å². The predicted molar refractivity (Wildman–Crippen MR) is 116 cm³/mol. The lowest BCUT2D eigenvalue weighted by Gasteiger charge is -2.46. The van der Waals surface area contributed by atoms with Crippen LogP contribution in [0.5, 0.6) is 0 Å². The summed E-state index contributed by atoms with van der Waals surface area (Å²) in [5, 5.41) is 0. The van der Waals surface area contributed by atoms with Crippen LogP contribution in [0.4, 0.5) is 0 Å². The summed E-state index contributed by atoms with van der Waals surface area (Å²) in [5.74, 6) is 1.11. The van der Waals surface area contributed by atoms with E-state index in [1.165, 1.54) is 64.5 Å². The van der Waals surface area contributed by atoms with Crippen LogP contribution in [0.2, 0.25) is 0 Å². The van der Waals surface area contributed by atoms with Crippen LogP contribution in [0.3, 0.4) is 0 Å². The summed E-state index contributed by atoms with van der Waals surface area (Å²) >= 11 is 0. The quantitative estimate of drug-likeness (QED) is 0.524. The molecular formula is C25H40N2O2. The van der Waals surface area contributed by atoms with Crippen molar-refractivity contribution >= 4 is 5.97 Å². The second-order valence-corrected chi connectivity index (χ2v) is 11.0. The lowest BCUT2D eigenvalue weighted by molar-refractivity contribution is -0.145. The Labute approximate surface area is 177 Å². The van der Waals surface area contributed by atoms with E-state index in [4.69, 9.17) is 4.74 Å². The molecular weight excluding hydrogens is 360 g/mol. The summed E-state index contributed by atoms with van der Waals surface area (Å²) in [6, 6.07) is 0.774. The average Bonchev–Trinajstić information content (AvgIpc) is 3.01. The van der Waals surface area contributed by atoms with Gasteiger partial charge in [-0.25, -0.2) is 0 Å². The van der Waals surface area contributed by atoms with Crippen molar-refractivity contribution in [1.29, 1.82) is 0 Å². The zero-order chi connectivity index (χ0) is 20.0. The lowest BCUT2D eigenvalue weighted by Crippen LogP contribution is -2.48. The molecule has 0 aromatic rings.